The lowest BCUT2D eigenvalue weighted by molar-refractivity contribution is 0.218. The topological polar surface area (TPSA) is 36.7 Å². The van der Waals surface area contributed by atoms with Crippen molar-refractivity contribution in [1.82, 2.24) is 4.98 Å². The summed E-state index contributed by atoms with van der Waals surface area (Å²) in [4.78, 5) is 4.48. The summed E-state index contributed by atoms with van der Waals surface area (Å²) in [6, 6.07) is 2.56. The van der Waals surface area contributed by atoms with Crippen LogP contribution in [-0.4, -0.2) is 4.98 Å². The van der Waals surface area contributed by atoms with Crippen molar-refractivity contribution in [3.8, 4) is 6.07 Å². The number of hydrogen-bond donors (Lipinski definition) is 0. The molecule has 0 bridgehead atoms. The van der Waals surface area contributed by atoms with Crippen molar-refractivity contribution >= 4 is 11.3 Å². The van der Waals surface area contributed by atoms with E-state index in [0.717, 1.165) is 35.9 Å². The Morgan fingerprint density at radius 2 is 2.25 bits per heavy atom. The van der Waals surface area contributed by atoms with E-state index in [1.165, 1.54) is 12.8 Å². The van der Waals surface area contributed by atoms with Crippen molar-refractivity contribution in [1.29, 1.82) is 5.26 Å². The second-order valence-electron chi connectivity index (χ2n) is 5.13. The molecule has 0 unspecified atom stereocenters. The minimum Gasteiger partial charge on any atom is -0.247 e. The monoisotopic (exact) mass is 234 g/mol. The molecule has 0 aliphatic heterocycles. The van der Waals surface area contributed by atoms with Gasteiger partial charge < -0.3 is 0 Å². The highest BCUT2D eigenvalue weighted by Gasteiger charge is 2.35. The molecule has 3 heteroatoms. The largest absolute Gasteiger partial charge is 0.247 e. The minimum atomic E-state index is -0.128. The lowest BCUT2D eigenvalue weighted by Gasteiger charge is -2.33. The van der Waals surface area contributed by atoms with Crippen molar-refractivity contribution in [3.63, 3.8) is 0 Å². The van der Waals surface area contributed by atoms with Crippen LogP contribution < -0.4 is 0 Å². The normalized spacial score (nSPS) is 29.9. The van der Waals surface area contributed by atoms with E-state index < -0.39 is 0 Å². The van der Waals surface area contributed by atoms with Crippen LogP contribution in [-0.2, 0) is 6.42 Å². The Hall–Kier alpha value is -0.880. The lowest BCUT2D eigenvalue weighted by atomic mass is 9.70. The Labute approximate surface area is 101 Å². The fourth-order valence-corrected chi connectivity index (χ4v) is 3.33. The Kier molecular flexibility index (Phi) is 3.30. The second-order valence-corrected chi connectivity index (χ2v) is 6.08. The van der Waals surface area contributed by atoms with Gasteiger partial charge in [0, 0.05) is 17.5 Å². The van der Waals surface area contributed by atoms with Crippen LogP contribution in [0.2, 0.25) is 0 Å². The third kappa shape index (κ3) is 2.44. The molecule has 16 heavy (non-hydrogen) atoms. The second kappa shape index (κ2) is 4.55. The van der Waals surface area contributed by atoms with Gasteiger partial charge in [0.25, 0.3) is 0 Å². The molecular weight excluding hydrogens is 216 g/mol. The summed E-state index contributed by atoms with van der Waals surface area (Å²) < 4.78 is 0. The third-order valence-electron chi connectivity index (χ3n) is 3.62. The van der Waals surface area contributed by atoms with Gasteiger partial charge in [-0.3, -0.25) is 0 Å². The molecule has 1 aromatic heterocycles. The smallest absolute Gasteiger partial charge is 0.0944 e. The maximum atomic E-state index is 9.42. The fraction of sp³-hybridized carbons (Fsp3) is 0.692. The van der Waals surface area contributed by atoms with Crippen LogP contribution in [0.25, 0.3) is 0 Å². The summed E-state index contributed by atoms with van der Waals surface area (Å²) in [6.45, 7) is 4.30. The minimum absolute atomic E-state index is 0.128. The molecule has 86 valence electrons. The van der Waals surface area contributed by atoms with E-state index in [4.69, 9.17) is 0 Å². The highest BCUT2D eigenvalue weighted by Crippen LogP contribution is 2.41. The van der Waals surface area contributed by atoms with E-state index >= 15 is 0 Å². The molecule has 0 atom stereocenters. The molecule has 2 rings (SSSR count). The van der Waals surface area contributed by atoms with Crippen LogP contribution in [0.5, 0.6) is 0 Å². The number of thiazole rings is 1. The van der Waals surface area contributed by atoms with E-state index in [0.29, 0.717) is 0 Å². The van der Waals surface area contributed by atoms with E-state index in [1.54, 1.807) is 11.3 Å². The zero-order chi connectivity index (χ0) is 11.6. The van der Waals surface area contributed by atoms with Gasteiger partial charge in [-0.1, -0.05) is 6.92 Å². The molecule has 0 saturated heterocycles. The van der Waals surface area contributed by atoms with Crippen LogP contribution in [0.4, 0.5) is 0 Å². The standard InChI is InChI=1S/C13H18N2S/c1-10-3-5-13(9-14,6-4-10)7-12-15-11(2)8-16-12/h8,10H,3-7H2,1-2H3. The van der Waals surface area contributed by atoms with Crippen LogP contribution in [0.1, 0.15) is 43.3 Å². The van der Waals surface area contributed by atoms with Crippen LogP contribution in [0.3, 0.4) is 0 Å². The van der Waals surface area contributed by atoms with E-state index in [9.17, 15) is 5.26 Å². The lowest BCUT2D eigenvalue weighted by Crippen LogP contribution is -2.27. The van der Waals surface area contributed by atoms with Gasteiger partial charge in [-0.25, -0.2) is 4.98 Å². The number of aromatic nitrogens is 1. The number of rotatable bonds is 2. The summed E-state index contributed by atoms with van der Waals surface area (Å²) in [7, 11) is 0. The predicted molar refractivity (Wildman–Crippen MR) is 66.2 cm³/mol. The molecule has 0 radical (unpaired) electrons. The van der Waals surface area contributed by atoms with E-state index in [-0.39, 0.29) is 5.41 Å². The average Bonchev–Trinajstić information content (AvgIpc) is 2.68. The van der Waals surface area contributed by atoms with Gasteiger partial charge in [0.15, 0.2) is 0 Å². The Bertz CT molecular complexity index is 394. The number of hydrogen-bond acceptors (Lipinski definition) is 3. The van der Waals surface area contributed by atoms with Gasteiger partial charge in [-0.05, 0) is 38.5 Å². The average molecular weight is 234 g/mol. The fourth-order valence-electron chi connectivity index (χ4n) is 2.42. The van der Waals surface area contributed by atoms with Crippen molar-refractivity contribution < 1.29 is 0 Å². The maximum absolute atomic E-state index is 9.42. The summed E-state index contributed by atoms with van der Waals surface area (Å²) >= 11 is 1.70. The van der Waals surface area contributed by atoms with E-state index in [2.05, 4.69) is 23.4 Å². The first-order valence-corrected chi connectivity index (χ1v) is 6.84. The van der Waals surface area contributed by atoms with Crippen molar-refractivity contribution in [2.45, 2.75) is 46.0 Å². The first-order chi connectivity index (χ1) is 7.63. The van der Waals surface area contributed by atoms with Gasteiger partial charge in [-0.15, -0.1) is 11.3 Å². The molecule has 1 fully saturated rings. The summed E-state index contributed by atoms with van der Waals surface area (Å²) in [6.07, 6.45) is 5.33. The Morgan fingerprint density at radius 3 is 2.75 bits per heavy atom. The van der Waals surface area contributed by atoms with Crippen molar-refractivity contribution in [2.75, 3.05) is 0 Å². The summed E-state index contributed by atoms with van der Waals surface area (Å²) in [5, 5.41) is 12.6. The third-order valence-corrected chi connectivity index (χ3v) is 4.59. The van der Waals surface area contributed by atoms with Gasteiger partial charge in [0.2, 0.25) is 0 Å². The maximum Gasteiger partial charge on any atom is 0.0944 e. The molecule has 0 N–H and O–H groups in total. The molecule has 1 saturated carbocycles. The molecule has 0 spiro atoms. The molecule has 1 aliphatic rings. The first kappa shape index (κ1) is 11.6. The molecule has 0 amide bonds. The van der Waals surface area contributed by atoms with Crippen LogP contribution in [0, 0.1) is 29.6 Å². The highest BCUT2D eigenvalue weighted by molar-refractivity contribution is 7.09. The zero-order valence-corrected chi connectivity index (χ0v) is 10.8. The zero-order valence-electron chi connectivity index (χ0n) is 9.99. The van der Waals surface area contributed by atoms with Crippen molar-refractivity contribution in [2.24, 2.45) is 11.3 Å². The van der Waals surface area contributed by atoms with Gasteiger partial charge in [0.05, 0.1) is 16.5 Å². The quantitative estimate of drug-likeness (QED) is 0.782. The summed E-state index contributed by atoms with van der Waals surface area (Å²) in [5.74, 6) is 0.791. The van der Waals surface area contributed by atoms with Crippen LogP contribution in [0.15, 0.2) is 5.38 Å². The molecule has 2 nitrogen and oxygen atoms in total. The SMILES string of the molecule is Cc1csc(CC2(C#N)CCC(C)CC2)n1. The Balaban J connectivity index is 2.08. The molecular formula is C13H18N2S. The summed E-state index contributed by atoms with van der Waals surface area (Å²) in [5.41, 5.74) is 0.953. The molecule has 1 aliphatic carbocycles. The number of nitrogens with zero attached hydrogens (tertiary/aromatic N) is 2. The number of nitriles is 1. The predicted octanol–water partition coefficient (Wildman–Crippen LogP) is 3.71. The van der Waals surface area contributed by atoms with Gasteiger partial charge in [-0.2, -0.15) is 5.26 Å². The van der Waals surface area contributed by atoms with Gasteiger partial charge >= 0.3 is 0 Å². The van der Waals surface area contributed by atoms with Gasteiger partial charge in [0.1, 0.15) is 0 Å². The highest BCUT2D eigenvalue weighted by atomic mass is 32.1. The first-order valence-electron chi connectivity index (χ1n) is 5.96. The van der Waals surface area contributed by atoms with Crippen molar-refractivity contribution in [3.05, 3.63) is 16.1 Å². The van der Waals surface area contributed by atoms with Crippen LogP contribution >= 0.6 is 11.3 Å². The Morgan fingerprint density at radius 1 is 1.56 bits per heavy atom. The molecule has 0 aromatic carbocycles. The molecule has 1 aromatic rings. The van der Waals surface area contributed by atoms with E-state index in [1.807, 2.05) is 6.92 Å². The number of aryl methyl sites for hydroxylation is 1. The molecule has 1 heterocycles.